The van der Waals surface area contributed by atoms with Gasteiger partial charge in [-0.25, -0.2) is 0 Å². The molecule has 0 aliphatic carbocycles. The normalized spacial score (nSPS) is 20.1. The minimum Gasteiger partial charge on any atom is -0.462 e. The van der Waals surface area contributed by atoms with Crippen LogP contribution in [0.5, 0.6) is 0 Å². The maximum atomic E-state index is 15.1. The predicted octanol–water partition coefficient (Wildman–Crippen LogP) is 10.7. The molecule has 1 saturated heterocycles. The summed E-state index contributed by atoms with van der Waals surface area (Å²) in [6.07, 6.45) is 7.58. The highest BCUT2D eigenvalue weighted by atomic mass is 16.6. The molecule has 1 heterocycles. The maximum absolute atomic E-state index is 15.1. The number of likely N-dealkylation sites (tertiary alicyclic amines) is 1. The molecule has 0 aromatic rings. The number of Topliss-reactive ketones (excluding diaryl/α,β-unsaturated/α-hetero) is 1. The molecular formula is C46H83NO8. The van der Waals surface area contributed by atoms with E-state index in [0.717, 1.165) is 45.1 Å². The minimum atomic E-state index is -1.08. The average molecular weight is 778 g/mol. The number of nitrogens with zero attached hydrogens (tertiary/aromatic N) is 1. The summed E-state index contributed by atoms with van der Waals surface area (Å²) in [4.78, 5) is 67.4. The number of carbonyl (C=O) groups excluding carboxylic acids is 5. The van der Waals surface area contributed by atoms with Crippen LogP contribution < -0.4 is 0 Å². The van der Waals surface area contributed by atoms with Crippen LogP contribution in [-0.4, -0.2) is 66.4 Å². The van der Waals surface area contributed by atoms with E-state index < -0.39 is 39.1 Å². The molecule has 6 atom stereocenters. The van der Waals surface area contributed by atoms with Crippen molar-refractivity contribution < 1.29 is 38.2 Å². The van der Waals surface area contributed by atoms with Crippen molar-refractivity contribution >= 4 is 29.6 Å². The van der Waals surface area contributed by atoms with E-state index in [1.165, 1.54) is 13.8 Å². The zero-order chi connectivity index (χ0) is 42.8. The van der Waals surface area contributed by atoms with Gasteiger partial charge in [-0.3, -0.25) is 24.0 Å². The lowest BCUT2D eigenvalue weighted by Crippen LogP contribution is -2.60. The molecule has 320 valence electrons. The summed E-state index contributed by atoms with van der Waals surface area (Å²) in [7, 11) is 0. The highest BCUT2D eigenvalue weighted by Gasteiger charge is 2.63. The molecule has 9 nitrogen and oxygen atoms in total. The first-order valence-corrected chi connectivity index (χ1v) is 21.4. The van der Waals surface area contributed by atoms with E-state index in [1.54, 1.807) is 0 Å². The molecule has 1 aliphatic rings. The average Bonchev–Trinajstić information content (AvgIpc) is 3.29. The largest absolute Gasteiger partial charge is 0.462 e. The second kappa shape index (κ2) is 19.8. The van der Waals surface area contributed by atoms with Gasteiger partial charge in [0, 0.05) is 31.3 Å². The van der Waals surface area contributed by atoms with Crippen molar-refractivity contribution in [3.8, 4) is 0 Å². The molecule has 55 heavy (non-hydrogen) atoms. The van der Waals surface area contributed by atoms with Crippen LogP contribution in [0.2, 0.25) is 0 Å². The molecule has 0 saturated carbocycles. The molecule has 0 aromatic carbocycles. The van der Waals surface area contributed by atoms with Crippen molar-refractivity contribution in [2.24, 2.45) is 37.9 Å². The van der Waals surface area contributed by atoms with Crippen LogP contribution in [0.15, 0.2) is 0 Å². The van der Waals surface area contributed by atoms with Crippen LogP contribution in [0.1, 0.15) is 195 Å². The summed E-state index contributed by atoms with van der Waals surface area (Å²) in [6.45, 7) is 36.2. The van der Waals surface area contributed by atoms with Gasteiger partial charge in [-0.15, -0.1) is 0 Å². The number of esters is 3. The Labute approximate surface area is 336 Å². The van der Waals surface area contributed by atoms with Crippen molar-refractivity contribution in [2.45, 2.75) is 207 Å². The number of ether oxygens (including phenoxy) is 3. The van der Waals surface area contributed by atoms with Crippen molar-refractivity contribution in [3.63, 3.8) is 0 Å². The number of hydrogen-bond acceptors (Lipinski definition) is 8. The van der Waals surface area contributed by atoms with Gasteiger partial charge in [0.2, 0.25) is 5.91 Å². The summed E-state index contributed by atoms with van der Waals surface area (Å²) < 4.78 is 17.6. The van der Waals surface area contributed by atoms with Gasteiger partial charge >= 0.3 is 17.9 Å². The van der Waals surface area contributed by atoms with Gasteiger partial charge in [-0.05, 0) is 92.3 Å². The lowest BCUT2D eigenvalue weighted by Gasteiger charge is -2.60. The topological polar surface area (TPSA) is 116 Å². The lowest BCUT2D eigenvalue weighted by atomic mass is 9.44. The second-order valence-electron chi connectivity index (χ2n) is 20.3. The SMILES string of the molecule is CCC(C)(C)C(CC(C)(C)C(C)(CC)C(C)(CC(C)(CC)C(C)(CC)C(CC(C)(C)C)OC(C)=O)C(=O)OCCOC(=O)CC(C)=O)N1CCCCCC1=O. The zero-order valence-electron chi connectivity index (χ0n) is 38.5. The van der Waals surface area contributed by atoms with Crippen molar-refractivity contribution in [2.75, 3.05) is 19.8 Å². The summed E-state index contributed by atoms with van der Waals surface area (Å²) in [6, 6.07) is -0.0384. The van der Waals surface area contributed by atoms with E-state index in [-0.39, 0.29) is 60.1 Å². The molecule has 9 heteroatoms. The first-order chi connectivity index (χ1) is 25.1. The summed E-state index contributed by atoms with van der Waals surface area (Å²) in [5, 5.41) is 0. The van der Waals surface area contributed by atoms with Gasteiger partial charge < -0.3 is 19.1 Å². The Morgan fingerprint density at radius 1 is 0.727 bits per heavy atom. The third-order valence-electron chi connectivity index (χ3n) is 14.8. The molecule has 1 amide bonds. The van der Waals surface area contributed by atoms with Crippen LogP contribution in [-0.2, 0) is 38.2 Å². The van der Waals surface area contributed by atoms with Gasteiger partial charge in [0.05, 0.1) is 5.41 Å². The van der Waals surface area contributed by atoms with Gasteiger partial charge in [0.25, 0.3) is 0 Å². The summed E-state index contributed by atoms with van der Waals surface area (Å²) >= 11 is 0. The van der Waals surface area contributed by atoms with Crippen LogP contribution in [0.25, 0.3) is 0 Å². The van der Waals surface area contributed by atoms with E-state index in [4.69, 9.17) is 14.2 Å². The molecule has 0 aromatic heterocycles. The van der Waals surface area contributed by atoms with Gasteiger partial charge in [-0.2, -0.15) is 0 Å². The number of rotatable bonds is 22. The summed E-state index contributed by atoms with van der Waals surface area (Å²) in [5.74, 6) is -1.42. The van der Waals surface area contributed by atoms with Gasteiger partial charge in [0.15, 0.2) is 0 Å². The van der Waals surface area contributed by atoms with Crippen LogP contribution in [0.4, 0.5) is 0 Å². The number of amides is 1. The molecule has 1 rings (SSSR count). The molecule has 0 N–H and O–H groups in total. The Kier molecular flexibility index (Phi) is 18.2. The number of hydrogen-bond donors (Lipinski definition) is 0. The highest BCUT2D eigenvalue weighted by molar-refractivity contribution is 5.94. The third-order valence-corrected chi connectivity index (χ3v) is 14.8. The first-order valence-electron chi connectivity index (χ1n) is 21.4. The Balaban J connectivity index is 4.03. The van der Waals surface area contributed by atoms with Gasteiger partial charge in [0.1, 0.15) is 31.5 Å². The van der Waals surface area contributed by atoms with E-state index in [2.05, 4.69) is 102 Å². The molecule has 0 radical (unpaired) electrons. The van der Waals surface area contributed by atoms with E-state index in [0.29, 0.717) is 32.1 Å². The van der Waals surface area contributed by atoms with Crippen LogP contribution in [0.3, 0.4) is 0 Å². The standard InChI is InChI=1S/C46H83NO8/c1-18-41(10,11)35(47-26-24-22-23-25-37(47)50)30-42(12,13)46(17,21-4)45(16,39(52)54-28-27-53-38(51)29-33(5)48)32-43(14,19-2)44(15,20-3)36(55-34(6)49)31-40(7,8)9/h35-36H,18-32H2,1-17H3. The van der Waals surface area contributed by atoms with E-state index in [1.807, 2.05) is 6.92 Å². The quantitative estimate of drug-likeness (QED) is 0.0462. The lowest BCUT2D eigenvalue weighted by molar-refractivity contribution is -0.193. The molecular weight excluding hydrogens is 695 g/mol. The third kappa shape index (κ3) is 12.3. The van der Waals surface area contributed by atoms with E-state index in [9.17, 15) is 19.2 Å². The molecule has 0 bridgehead atoms. The fraction of sp³-hybridized carbons (Fsp3) is 0.891. The fourth-order valence-electron chi connectivity index (χ4n) is 9.60. The van der Waals surface area contributed by atoms with Crippen LogP contribution >= 0.6 is 0 Å². The first kappa shape index (κ1) is 50.6. The molecule has 6 unspecified atom stereocenters. The Bertz CT molecular complexity index is 1310. The Hall–Kier alpha value is -2.45. The molecule has 1 aliphatic heterocycles. The monoisotopic (exact) mass is 778 g/mol. The smallest absolute Gasteiger partial charge is 0.313 e. The van der Waals surface area contributed by atoms with Crippen molar-refractivity contribution in [3.05, 3.63) is 0 Å². The van der Waals surface area contributed by atoms with Crippen LogP contribution in [0, 0.1) is 37.9 Å². The van der Waals surface area contributed by atoms with E-state index >= 15 is 4.79 Å². The Morgan fingerprint density at radius 2 is 1.31 bits per heavy atom. The molecule has 0 spiro atoms. The number of carbonyl (C=O) groups is 5. The highest BCUT2D eigenvalue weighted by Crippen LogP contribution is 2.64. The molecule has 1 fully saturated rings. The zero-order valence-corrected chi connectivity index (χ0v) is 38.5. The maximum Gasteiger partial charge on any atom is 0.313 e. The fourth-order valence-corrected chi connectivity index (χ4v) is 9.60. The van der Waals surface area contributed by atoms with Gasteiger partial charge in [-0.1, -0.05) is 110 Å². The summed E-state index contributed by atoms with van der Waals surface area (Å²) in [5.41, 5.74) is -3.55. The predicted molar refractivity (Wildman–Crippen MR) is 221 cm³/mol. The minimum absolute atomic E-state index is 0.0384. The Morgan fingerprint density at radius 3 is 1.78 bits per heavy atom. The second-order valence-corrected chi connectivity index (χ2v) is 20.3. The van der Waals surface area contributed by atoms with Crippen molar-refractivity contribution in [1.29, 1.82) is 0 Å². The van der Waals surface area contributed by atoms with Crippen molar-refractivity contribution in [1.82, 2.24) is 4.90 Å². The number of ketones is 1.